The molecule has 2 aromatic carbocycles. The van der Waals surface area contributed by atoms with Crippen LogP contribution in [-0.2, 0) is 0 Å². The lowest BCUT2D eigenvalue weighted by atomic mass is 10.1. The molecule has 19 heavy (non-hydrogen) atoms. The first kappa shape index (κ1) is 13.8. The topological polar surface area (TPSA) is 0 Å². The van der Waals surface area contributed by atoms with E-state index in [1.165, 1.54) is 21.9 Å². The van der Waals surface area contributed by atoms with Gasteiger partial charge in [0.15, 0.2) is 0 Å². The van der Waals surface area contributed by atoms with Gasteiger partial charge in [-0.15, -0.1) is 0 Å². The molecule has 0 aromatic heterocycles. The van der Waals surface area contributed by atoms with Gasteiger partial charge in [0.2, 0.25) is 0 Å². The van der Waals surface area contributed by atoms with Gasteiger partial charge in [-0.1, -0.05) is 91.1 Å². The molecular weight excluding hydrogens is 244 g/mol. The fourth-order valence-electron chi connectivity index (χ4n) is 2.28. The van der Waals surface area contributed by atoms with E-state index in [0.717, 1.165) is 0 Å². The summed E-state index contributed by atoms with van der Waals surface area (Å²) in [4.78, 5) is 0. The van der Waals surface area contributed by atoms with Gasteiger partial charge in [0.05, 0.1) is 8.07 Å². The predicted octanol–water partition coefficient (Wildman–Crippen LogP) is 5.41. The van der Waals surface area contributed by atoms with Crippen LogP contribution in [0.2, 0.25) is 19.6 Å². The lowest BCUT2D eigenvalue weighted by molar-refractivity contribution is 1.46. The molecule has 0 amide bonds. The van der Waals surface area contributed by atoms with Crippen LogP contribution in [0.15, 0.2) is 54.6 Å². The molecule has 0 fully saturated rings. The van der Waals surface area contributed by atoms with Crippen LogP contribution in [0, 0.1) is 6.92 Å². The van der Waals surface area contributed by atoms with Crippen LogP contribution in [0.4, 0.5) is 0 Å². The highest BCUT2D eigenvalue weighted by molar-refractivity contribution is 6.94. The van der Waals surface area contributed by atoms with Gasteiger partial charge >= 0.3 is 0 Å². The largest absolute Gasteiger partial charge is 0.0784 e. The van der Waals surface area contributed by atoms with Gasteiger partial charge in [-0.2, -0.15) is 0 Å². The Morgan fingerprint density at radius 3 is 2.16 bits per heavy atom. The Morgan fingerprint density at radius 2 is 1.58 bits per heavy atom. The second-order valence-electron chi connectivity index (χ2n) is 6.09. The number of aryl methyl sites for hydroxylation is 1. The summed E-state index contributed by atoms with van der Waals surface area (Å²) in [7, 11) is -1.37. The minimum Gasteiger partial charge on any atom is -0.0656 e. The maximum atomic E-state index is 2.40. The molecule has 0 aliphatic carbocycles. The minimum atomic E-state index is -1.37. The minimum absolute atomic E-state index is 1.31. The molecule has 0 bridgehead atoms. The standard InChI is InChI=1S/C18H22Si/c1-15-9-8-10-16(13-15)14-18(19(2,3)4)17-11-6-5-7-12-17/h5-14H,1-4H3. The lowest BCUT2D eigenvalue weighted by Gasteiger charge is -2.22. The summed E-state index contributed by atoms with van der Waals surface area (Å²) in [5.41, 5.74) is 3.99. The molecule has 98 valence electrons. The number of rotatable bonds is 3. The van der Waals surface area contributed by atoms with Crippen molar-refractivity contribution in [1.29, 1.82) is 0 Å². The van der Waals surface area contributed by atoms with Gasteiger partial charge in [0.25, 0.3) is 0 Å². The van der Waals surface area contributed by atoms with E-state index in [1.54, 1.807) is 0 Å². The van der Waals surface area contributed by atoms with E-state index in [-0.39, 0.29) is 0 Å². The number of benzene rings is 2. The van der Waals surface area contributed by atoms with Crippen molar-refractivity contribution >= 4 is 19.3 Å². The summed E-state index contributed by atoms with van der Waals surface area (Å²) in [5, 5.41) is 1.51. The fraction of sp³-hybridized carbons (Fsp3) is 0.222. The van der Waals surface area contributed by atoms with Crippen molar-refractivity contribution in [3.63, 3.8) is 0 Å². The van der Waals surface area contributed by atoms with Crippen molar-refractivity contribution in [3.05, 3.63) is 71.3 Å². The number of hydrogen-bond acceptors (Lipinski definition) is 0. The normalized spacial score (nSPS) is 12.5. The molecule has 0 heterocycles. The van der Waals surface area contributed by atoms with Crippen molar-refractivity contribution in [2.45, 2.75) is 26.6 Å². The summed E-state index contributed by atoms with van der Waals surface area (Å²) in [6, 6.07) is 19.5. The first-order valence-electron chi connectivity index (χ1n) is 6.81. The molecule has 0 aliphatic rings. The zero-order valence-electron chi connectivity index (χ0n) is 12.3. The van der Waals surface area contributed by atoms with Crippen molar-refractivity contribution in [3.8, 4) is 0 Å². The van der Waals surface area contributed by atoms with E-state index in [9.17, 15) is 0 Å². The monoisotopic (exact) mass is 266 g/mol. The maximum Gasteiger partial charge on any atom is 0.0784 e. The quantitative estimate of drug-likeness (QED) is 0.514. The van der Waals surface area contributed by atoms with Gasteiger partial charge in [-0.05, 0) is 18.1 Å². The molecule has 0 saturated carbocycles. The van der Waals surface area contributed by atoms with E-state index in [1.807, 2.05) is 0 Å². The van der Waals surface area contributed by atoms with Crippen molar-refractivity contribution < 1.29 is 0 Å². The Hall–Kier alpha value is -1.60. The molecule has 1 heteroatoms. The third-order valence-electron chi connectivity index (χ3n) is 3.25. The fourth-order valence-corrected chi connectivity index (χ4v) is 3.91. The highest BCUT2D eigenvalue weighted by atomic mass is 28.3. The molecule has 0 saturated heterocycles. The molecule has 0 radical (unpaired) electrons. The van der Waals surface area contributed by atoms with E-state index in [4.69, 9.17) is 0 Å². The Balaban J connectivity index is 2.51. The van der Waals surface area contributed by atoms with Gasteiger partial charge in [0.1, 0.15) is 0 Å². The Labute approximate surface area is 117 Å². The third-order valence-corrected chi connectivity index (χ3v) is 5.29. The smallest absolute Gasteiger partial charge is 0.0656 e. The third kappa shape index (κ3) is 3.68. The second kappa shape index (κ2) is 5.58. The first-order chi connectivity index (χ1) is 8.97. The van der Waals surface area contributed by atoms with E-state index >= 15 is 0 Å². The zero-order valence-corrected chi connectivity index (χ0v) is 13.3. The summed E-state index contributed by atoms with van der Waals surface area (Å²) in [5.74, 6) is 0. The predicted molar refractivity (Wildman–Crippen MR) is 88.8 cm³/mol. The van der Waals surface area contributed by atoms with Gasteiger partial charge < -0.3 is 0 Å². The second-order valence-corrected chi connectivity index (χ2v) is 11.1. The lowest BCUT2D eigenvalue weighted by Crippen LogP contribution is -2.22. The van der Waals surface area contributed by atoms with Crippen LogP contribution in [0.1, 0.15) is 16.7 Å². The average molecular weight is 266 g/mol. The zero-order chi connectivity index (χ0) is 13.9. The number of hydrogen-bond donors (Lipinski definition) is 0. The van der Waals surface area contributed by atoms with Gasteiger partial charge in [0, 0.05) is 0 Å². The molecule has 0 nitrogen and oxygen atoms in total. The van der Waals surface area contributed by atoms with Crippen LogP contribution >= 0.6 is 0 Å². The van der Waals surface area contributed by atoms with Gasteiger partial charge in [-0.25, -0.2) is 0 Å². The summed E-state index contributed by atoms with van der Waals surface area (Å²) in [6.45, 7) is 9.36. The molecule has 0 N–H and O–H groups in total. The first-order valence-corrected chi connectivity index (χ1v) is 10.3. The summed E-state index contributed by atoms with van der Waals surface area (Å²) in [6.07, 6.45) is 2.37. The Morgan fingerprint density at radius 1 is 0.895 bits per heavy atom. The molecule has 0 atom stereocenters. The van der Waals surface area contributed by atoms with E-state index in [2.05, 4.69) is 87.2 Å². The van der Waals surface area contributed by atoms with E-state index in [0.29, 0.717) is 0 Å². The van der Waals surface area contributed by atoms with Crippen LogP contribution in [0.5, 0.6) is 0 Å². The Bertz CT molecular complexity index is 574. The Kier molecular flexibility index (Phi) is 4.06. The molecule has 0 spiro atoms. The van der Waals surface area contributed by atoms with Gasteiger partial charge in [-0.3, -0.25) is 0 Å². The molecule has 0 unspecified atom stereocenters. The van der Waals surface area contributed by atoms with Crippen molar-refractivity contribution in [2.24, 2.45) is 0 Å². The van der Waals surface area contributed by atoms with Crippen molar-refractivity contribution in [1.82, 2.24) is 0 Å². The molecular formula is C18H22Si. The highest BCUT2D eigenvalue weighted by Crippen LogP contribution is 2.28. The maximum absolute atomic E-state index is 2.40. The van der Waals surface area contributed by atoms with Crippen molar-refractivity contribution in [2.75, 3.05) is 0 Å². The molecule has 0 aliphatic heterocycles. The summed E-state index contributed by atoms with van der Waals surface area (Å²) < 4.78 is 0. The SMILES string of the molecule is Cc1cccc(C=C(c2ccccc2)[Si](C)(C)C)c1. The van der Waals surface area contributed by atoms with E-state index < -0.39 is 8.07 Å². The highest BCUT2D eigenvalue weighted by Gasteiger charge is 2.20. The average Bonchev–Trinajstić information content (AvgIpc) is 2.36. The van der Waals surface area contributed by atoms with Crippen LogP contribution < -0.4 is 0 Å². The van der Waals surface area contributed by atoms with Crippen LogP contribution in [0.25, 0.3) is 11.3 Å². The summed E-state index contributed by atoms with van der Waals surface area (Å²) >= 11 is 0. The van der Waals surface area contributed by atoms with Crippen LogP contribution in [0.3, 0.4) is 0 Å². The molecule has 2 rings (SSSR count). The molecule has 2 aromatic rings. The van der Waals surface area contributed by atoms with Crippen LogP contribution in [-0.4, -0.2) is 8.07 Å².